The van der Waals surface area contributed by atoms with Gasteiger partial charge in [-0.3, -0.25) is 4.79 Å². The first-order chi connectivity index (χ1) is 7.44. The summed E-state index contributed by atoms with van der Waals surface area (Å²) in [5, 5.41) is 2.15. The van der Waals surface area contributed by atoms with E-state index in [1.54, 1.807) is 18.2 Å². The predicted molar refractivity (Wildman–Crippen MR) is 72.7 cm³/mol. The van der Waals surface area contributed by atoms with Crippen molar-refractivity contribution in [2.75, 3.05) is 13.1 Å². The Hall–Kier alpha value is -0.470. The first kappa shape index (κ1) is 16.5. The maximum atomic E-state index is 12.8. The van der Waals surface area contributed by atoms with Crippen LogP contribution in [0, 0.1) is 3.57 Å². The summed E-state index contributed by atoms with van der Waals surface area (Å²) in [6.07, 6.45) is 0. The molecule has 3 nitrogen and oxygen atoms in total. The van der Waals surface area contributed by atoms with Crippen LogP contribution in [-0.4, -0.2) is 24.9 Å². The Morgan fingerprint density at radius 2 is 2.12 bits per heavy atom. The molecule has 0 aliphatic carbocycles. The molecular formula is C10H12ClF2IN2O. The Morgan fingerprint density at radius 3 is 2.65 bits per heavy atom. The van der Waals surface area contributed by atoms with E-state index in [1.807, 2.05) is 28.7 Å². The molecule has 1 rings (SSSR count). The molecule has 96 valence electrons. The van der Waals surface area contributed by atoms with Crippen LogP contribution in [0.3, 0.4) is 0 Å². The maximum absolute atomic E-state index is 12.8. The average molecular weight is 377 g/mol. The van der Waals surface area contributed by atoms with Crippen molar-refractivity contribution in [1.29, 1.82) is 0 Å². The van der Waals surface area contributed by atoms with Crippen molar-refractivity contribution in [2.45, 2.75) is 5.92 Å². The number of carbonyl (C=O) groups excluding carboxylic acids is 1. The zero-order valence-electron chi connectivity index (χ0n) is 8.75. The van der Waals surface area contributed by atoms with E-state index in [0.717, 1.165) is 3.57 Å². The predicted octanol–water partition coefficient (Wildman–Crippen LogP) is 2.04. The molecule has 0 bridgehead atoms. The monoisotopic (exact) mass is 376 g/mol. The Morgan fingerprint density at radius 1 is 1.47 bits per heavy atom. The summed E-state index contributed by atoms with van der Waals surface area (Å²) in [5.41, 5.74) is 5.21. The van der Waals surface area contributed by atoms with Crippen molar-refractivity contribution in [3.8, 4) is 0 Å². The van der Waals surface area contributed by atoms with Gasteiger partial charge in [0.2, 0.25) is 0 Å². The first-order valence-electron chi connectivity index (χ1n) is 4.56. The first-order valence-corrected chi connectivity index (χ1v) is 5.64. The molecule has 0 saturated carbocycles. The highest BCUT2D eigenvalue weighted by molar-refractivity contribution is 14.1. The highest BCUT2D eigenvalue weighted by Crippen LogP contribution is 2.10. The van der Waals surface area contributed by atoms with Gasteiger partial charge in [0.15, 0.2) is 0 Å². The number of hydrogen-bond donors (Lipinski definition) is 2. The Bertz CT molecular complexity index is 390. The van der Waals surface area contributed by atoms with Gasteiger partial charge in [0, 0.05) is 9.13 Å². The second-order valence-electron chi connectivity index (χ2n) is 3.25. The van der Waals surface area contributed by atoms with Crippen LogP contribution in [0.4, 0.5) is 8.78 Å². The molecule has 1 amide bonds. The lowest BCUT2D eigenvalue weighted by atomic mass is 10.2. The highest BCUT2D eigenvalue weighted by Gasteiger charge is 2.27. The van der Waals surface area contributed by atoms with Crippen molar-refractivity contribution in [3.63, 3.8) is 0 Å². The third kappa shape index (κ3) is 5.60. The van der Waals surface area contributed by atoms with E-state index in [0.29, 0.717) is 5.56 Å². The number of halogens is 4. The number of hydrogen-bond acceptors (Lipinski definition) is 2. The summed E-state index contributed by atoms with van der Waals surface area (Å²) in [6, 6.07) is 6.69. The molecule has 0 spiro atoms. The zero-order chi connectivity index (χ0) is 12.2. The summed E-state index contributed by atoms with van der Waals surface area (Å²) < 4.78 is 26.4. The van der Waals surface area contributed by atoms with Gasteiger partial charge in [-0.1, -0.05) is 6.07 Å². The molecule has 0 atom stereocenters. The lowest BCUT2D eigenvalue weighted by Crippen LogP contribution is -2.41. The number of rotatable bonds is 4. The normalized spacial score (nSPS) is 10.6. The number of amides is 1. The zero-order valence-corrected chi connectivity index (χ0v) is 11.7. The van der Waals surface area contributed by atoms with Crippen LogP contribution in [-0.2, 0) is 0 Å². The molecule has 0 radical (unpaired) electrons. The van der Waals surface area contributed by atoms with E-state index in [-0.39, 0.29) is 12.4 Å². The molecule has 0 unspecified atom stereocenters. The lowest BCUT2D eigenvalue weighted by molar-refractivity contribution is 0.0118. The van der Waals surface area contributed by atoms with Crippen LogP contribution in [0.5, 0.6) is 0 Å². The SMILES string of the molecule is Cl.NCC(F)(F)CNC(=O)c1cccc(I)c1. The molecule has 3 N–H and O–H groups in total. The van der Waals surface area contributed by atoms with Crippen LogP contribution in [0.2, 0.25) is 0 Å². The second kappa shape index (κ2) is 7.07. The topological polar surface area (TPSA) is 55.1 Å². The molecule has 0 aliphatic heterocycles. The number of nitrogens with two attached hydrogens (primary N) is 1. The van der Waals surface area contributed by atoms with Gasteiger partial charge in [0.25, 0.3) is 11.8 Å². The van der Waals surface area contributed by atoms with E-state index in [2.05, 4.69) is 5.32 Å². The third-order valence-electron chi connectivity index (χ3n) is 1.89. The van der Waals surface area contributed by atoms with E-state index in [4.69, 9.17) is 5.73 Å². The van der Waals surface area contributed by atoms with Gasteiger partial charge in [-0.05, 0) is 40.8 Å². The summed E-state index contributed by atoms with van der Waals surface area (Å²) in [6.45, 7) is -1.52. The molecular weight excluding hydrogens is 364 g/mol. The van der Waals surface area contributed by atoms with Crippen molar-refractivity contribution >= 4 is 40.9 Å². The standard InChI is InChI=1S/C10H11F2IN2O.ClH/c11-10(12,5-14)6-15-9(16)7-2-1-3-8(13)4-7;/h1-4H,5-6,14H2,(H,15,16);1H. The molecule has 0 heterocycles. The largest absolute Gasteiger partial charge is 0.346 e. The lowest BCUT2D eigenvalue weighted by Gasteiger charge is -2.14. The fourth-order valence-corrected chi connectivity index (χ4v) is 1.56. The van der Waals surface area contributed by atoms with Gasteiger partial charge < -0.3 is 11.1 Å². The molecule has 0 aromatic heterocycles. The van der Waals surface area contributed by atoms with Gasteiger partial charge in [0.1, 0.15) is 0 Å². The molecule has 0 fully saturated rings. The average Bonchev–Trinajstić information content (AvgIpc) is 2.26. The van der Waals surface area contributed by atoms with Crippen LogP contribution in [0.25, 0.3) is 0 Å². The maximum Gasteiger partial charge on any atom is 0.277 e. The minimum absolute atomic E-state index is 0. The molecule has 17 heavy (non-hydrogen) atoms. The number of nitrogens with one attached hydrogen (secondary N) is 1. The summed E-state index contributed by atoms with van der Waals surface area (Å²) >= 11 is 2.04. The van der Waals surface area contributed by atoms with Crippen molar-refractivity contribution in [3.05, 3.63) is 33.4 Å². The number of benzene rings is 1. The van der Waals surface area contributed by atoms with Crippen LogP contribution < -0.4 is 11.1 Å². The summed E-state index contributed by atoms with van der Waals surface area (Å²) in [5.74, 6) is -3.58. The molecule has 7 heteroatoms. The van der Waals surface area contributed by atoms with Crippen LogP contribution in [0.1, 0.15) is 10.4 Å². The minimum atomic E-state index is -3.06. The Labute approximate surface area is 118 Å². The summed E-state index contributed by atoms with van der Waals surface area (Å²) in [7, 11) is 0. The van der Waals surface area contributed by atoms with Crippen LogP contribution in [0.15, 0.2) is 24.3 Å². The van der Waals surface area contributed by atoms with Crippen molar-refractivity contribution in [2.24, 2.45) is 5.73 Å². The highest BCUT2D eigenvalue weighted by atomic mass is 127. The Kier molecular flexibility index (Phi) is 6.88. The number of carbonyl (C=O) groups is 1. The van der Waals surface area contributed by atoms with E-state index >= 15 is 0 Å². The quantitative estimate of drug-likeness (QED) is 0.790. The van der Waals surface area contributed by atoms with Gasteiger partial charge in [-0.2, -0.15) is 0 Å². The second-order valence-corrected chi connectivity index (χ2v) is 4.50. The van der Waals surface area contributed by atoms with Crippen molar-refractivity contribution in [1.82, 2.24) is 5.32 Å². The van der Waals surface area contributed by atoms with E-state index < -0.39 is 24.9 Å². The minimum Gasteiger partial charge on any atom is -0.346 e. The van der Waals surface area contributed by atoms with Gasteiger partial charge in [-0.15, -0.1) is 12.4 Å². The van der Waals surface area contributed by atoms with Gasteiger partial charge in [-0.25, -0.2) is 8.78 Å². The van der Waals surface area contributed by atoms with Gasteiger partial charge in [0.05, 0.1) is 13.1 Å². The Balaban J connectivity index is 0.00000256. The fourth-order valence-electron chi connectivity index (χ4n) is 1.01. The summed E-state index contributed by atoms with van der Waals surface area (Å²) in [4.78, 5) is 11.5. The van der Waals surface area contributed by atoms with Crippen molar-refractivity contribution < 1.29 is 13.6 Å². The molecule has 1 aromatic carbocycles. The molecule has 0 aliphatic rings. The smallest absolute Gasteiger partial charge is 0.277 e. The fraction of sp³-hybridized carbons (Fsp3) is 0.300. The molecule has 0 saturated heterocycles. The molecule has 1 aromatic rings. The van der Waals surface area contributed by atoms with E-state index in [9.17, 15) is 13.6 Å². The third-order valence-corrected chi connectivity index (χ3v) is 2.56. The van der Waals surface area contributed by atoms with E-state index in [1.165, 1.54) is 0 Å². The van der Waals surface area contributed by atoms with Gasteiger partial charge >= 0.3 is 0 Å². The van der Waals surface area contributed by atoms with Crippen LogP contribution >= 0.6 is 35.0 Å². The number of alkyl halides is 2.